The number of aromatic nitrogens is 2. The van der Waals surface area contributed by atoms with Crippen LogP contribution in [0.4, 0.5) is 11.6 Å². The average molecular weight is 277 g/mol. The molecule has 0 amide bonds. The van der Waals surface area contributed by atoms with E-state index in [9.17, 15) is 8.42 Å². The van der Waals surface area contributed by atoms with Crippen molar-refractivity contribution in [2.75, 3.05) is 29.2 Å². The van der Waals surface area contributed by atoms with Gasteiger partial charge in [-0.25, -0.2) is 18.4 Å². The van der Waals surface area contributed by atoms with Crippen molar-refractivity contribution in [3.8, 4) is 0 Å². The molecule has 6 nitrogen and oxygen atoms in total. The summed E-state index contributed by atoms with van der Waals surface area (Å²) in [6.07, 6.45) is 1.90. The van der Waals surface area contributed by atoms with Crippen LogP contribution in [0.5, 0.6) is 0 Å². The molecule has 1 aromatic rings. The first-order chi connectivity index (χ1) is 7.91. The molecule has 2 heterocycles. The summed E-state index contributed by atoms with van der Waals surface area (Å²) in [4.78, 5) is 9.56. The maximum absolute atomic E-state index is 11.4. The van der Waals surface area contributed by atoms with Gasteiger partial charge in [-0.1, -0.05) is 11.6 Å². The Morgan fingerprint density at radius 3 is 2.82 bits per heavy atom. The highest BCUT2D eigenvalue weighted by Gasteiger charge is 2.32. The second-order valence-electron chi connectivity index (χ2n) is 4.06. The number of anilines is 2. The van der Waals surface area contributed by atoms with Crippen molar-refractivity contribution in [1.29, 1.82) is 0 Å². The summed E-state index contributed by atoms with van der Waals surface area (Å²) in [5, 5.41) is 0.263. The van der Waals surface area contributed by atoms with E-state index in [1.54, 1.807) is 11.9 Å². The van der Waals surface area contributed by atoms with E-state index in [0.29, 0.717) is 12.2 Å². The molecule has 1 aliphatic heterocycles. The largest absolute Gasteiger partial charge is 0.382 e. The van der Waals surface area contributed by atoms with E-state index in [-0.39, 0.29) is 28.4 Å². The first kappa shape index (κ1) is 12.4. The fourth-order valence-electron chi connectivity index (χ4n) is 1.87. The molecule has 0 saturated carbocycles. The van der Waals surface area contributed by atoms with E-state index in [0.717, 1.165) is 0 Å². The van der Waals surface area contributed by atoms with Crippen LogP contribution in [0.3, 0.4) is 0 Å². The predicted molar refractivity (Wildman–Crippen MR) is 66.9 cm³/mol. The summed E-state index contributed by atoms with van der Waals surface area (Å²) in [5.74, 6) is 1.01. The number of rotatable bonds is 2. The van der Waals surface area contributed by atoms with Crippen molar-refractivity contribution in [2.45, 2.75) is 12.5 Å². The van der Waals surface area contributed by atoms with Crippen LogP contribution in [0.2, 0.25) is 5.02 Å². The number of sulfone groups is 1. The molecule has 0 aliphatic carbocycles. The minimum Gasteiger partial charge on any atom is -0.382 e. The summed E-state index contributed by atoms with van der Waals surface area (Å²) in [7, 11) is -1.17. The number of halogens is 1. The molecule has 0 radical (unpaired) electrons. The molecule has 8 heteroatoms. The third-order valence-electron chi connectivity index (χ3n) is 2.89. The van der Waals surface area contributed by atoms with Gasteiger partial charge in [-0.3, -0.25) is 0 Å². The van der Waals surface area contributed by atoms with Gasteiger partial charge in [0.15, 0.2) is 15.7 Å². The van der Waals surface area contributed by atoms with E-state index in [2.05, 4.69) is 9.97 Å². The Morgan fingerprint density at radius 1 is 1.53 bits per heavy atom. The fourth-order valence-corrected chi connectivity index (χ4v) is 3.88. The highest BCUT2D eigenvalue weighted by atomic mass is 35.5. The van der Waals surface area contributed by atoms with Crippen LogP contribution in [0.15, 0.2) is 6.33 Å². The van der Waals surface area contributed by atoms with Gasteiger partial charge in [0, 0.05) is 13.1 Å². The van der Waals surface area contributed by atoms with Crippen molar-refractivity contribution in [3.63, 3.8) is 0 Å². The molecular weight excluding hydrogens is 264 g/mol. The Labute approximate surface area is 105 Å². The summed E-state index contributed by atoms with van der Waals surface area (Å²) in [6.45, 7) is 0. The molecule has 1 atom stereocenters. The van der Waals surface area contributed by atoms with E-state index in [1.165, 1.54) is 6.33 Å². The summed E-state index contributed by atoms with van der Waals surface area (Å²) in [6, 6.07) is -0.105. The molecule has 94 valence electrons. The quantitative estimate of drug-likeness (QED) is 0.838. The third kappa shape index (κ3) is 2.44. The number of nitrogens with zero attached hydrogens (tertiary/aromatic N) is 3. The first-order valence-electron chi connectivity index (χ1n) is 5.10. The SMILES string of the molecule is CN(c1ncnc(N)c1Cl)C1CCS(=O)(=O)C1. The van der Waals surface area contributed by atoms with Gasteiger partial charge in [0.1, 0.15) is 17.2 Å². The van der Waals surface area contributed by atoms with E-state index in [1.807, 2.05) is 0 Å². The lowest BCUT2D eigenvalue weighted by Crippen LogP contribution is -2.33. The Hall–Kier alpha value is -1.08. The number of nitrogens with two attached hydrogens (primary N) is 1. The van der Waals surface area contributed by atoms with Crippen molar-refractivity contribution >= 4 is 33.1 Å². The molecule has 0 spiro atoms. The van der Waals surface area contributed by atoms with Gasteiger partial charge >= 0.3 is 0 Å². The minimum absolute atomic E-state index is 0.105. The first-order valence-corrected chi connectivity index (χ1v) is 7.30. The molecular formula is C9H13ClN4O2S. The summed E-state index contributed by atoms with van der Waals surface area (Å²) >= 11 is 6.00. The minimum atomic E-state index is -2.93. The highest BCUT2D eigenvalue weighted by molar-refractivity contribution is 7.91. The van der Waals surface area contributed by atoms with Crippen molar-refractivity contribution < 1.29 is 8.42 Å². The van der Waals surface area contributed by atoms with E-state index in [4.69, 9.17) is 17.3 Å². The van der Waals surface area contributed by atoms with Crippen LogP contribution in [0, 0.1) is 0 Å². The van der Waals surface area contributed by atoms with Gasteiger partial charge in [0.2, 0.25) is 0 Å². The normalized spacial score (nSPS) is 22.6. The van der Waals surface area contributed by atoms with E-state index < -0.39 is 9.84 Å². The van der Waals surface area contributed by atoms with Crippen LogP contribution in [0.25, 0.3) is 0 Å². The lowest BCUT2D eigenvalue weighted by Gasteiger charge is -2.25. The summed E-state index contributed by atoms with van der Waals surface area (Å²) < 4.78 is 22.8. The summed E-state index contributed by atoms with van der Waals surface area (Å²) in [5.41, 5.74) is 5.58. The smallest absolute Gasteiger partial charge is 0.153 e. The average Bonchev–Trinajstić information content (AvgIpc) is 2.62. The standard InChI is InChI=1S/C9H13ClN4O2S/c1-14(6-2-3-17(15,16)4-6)9-7(10)8(11)12-5-13-9/h5-6H,2-4H2,1H3,(H2,11,12,13). The van der Waals surface area contributed by atoms with Crippen LogP contribution in [-0.4, -0.2) is 43.0 Å². The molecule has 17 heavy (non-hydrogen) atoms. The highest BCUT2D eigenvalue weighted by Crippen LogP contribution is 2.29. The van der Waals surface area contributed by atoms with Gasteiger partial charge in [0.05, 0.1) is 11.5 Å². The molecule has 0 bridgehead atoms. The zero-order valence-corrected chi connectivity index (χ0v) is 10.9. The fraction of sp³-hybridized carbons (Fsp3) is 0.556. The lowest BCUT2D eigenvalue weighted by molar-refractivity contribution is 0.600. The Balaban J connectivity index is 2.26. The van der Waals surface area contributed by atoms with Crippen LogP contribution < -0.4 is 10.6 Å². The van der Waals surface area contributed by atoms with Gasteiger partial charge in [-0.05, 0) is 6.42 Å². The van der Waals surface area contributed by atoms with Crippen LogP contribution >= 0.6 is 11.6 Å². The van der Waals surface area contributed by atoms with Crippen molar-refractivity contribution in [1.82, 2.24) is 9.97 Å². The molecule has 1 fully saturated rings. The third-order valence-corrected chi connectivity index (χ3v) is 5.00. The molecule has 1 aromatic heterocycles. The van der Waals surface area contributed by atoms with Crippen LogP contribution in [-0.2, 0) is 9.84 Å². The Bertz CT molecular complexity index is 534. The monoisotopic (exact) mass is 276 g/mol. The van der Waals surface area contributed by atoms with Gasteiger partial charge in [-0.15, -0.1) is 0 Å². The molecule has 1 aliphatic rings. The van der Waals surface area contributed by atoms with Gasteiger partial charge in [0.25, 0.3) is 0 Å². The molecule has 0 aromatic carbocycles. The molecule has 1 unspecified atom stereocenters. The topological polar surface area (TPSA) is 89.2 Å². The van der Waals surface area contributed by atoms with Crippen LogP contribution in [0.1, 0.15) is 6.42 Å². The zero-order chi connectivity index (χ0) is 12.6. The maximum atomic E-state index is 11.4. The van der Waals surface area contributed by atoms with Gasteiger partial charge in [-0.2, -0.15) is 0 Å². The second kappa shape index (κ2) is 4.30. The Morgan fingerprint density at radius 2 is 2.24 bits per heavy atom. The van der Waals surface area contributed by atoms with E-state index >= 15 is 0 Å². The number of nitrogen functional groups attached to an aromatic ring is 1. The molecule has 2 rings (SSSR count). The zero-order valence-electron chi connectivity index (χ0n) is 9.30. The predicted octanol–water partition coefficient (Wildman–Crippen LogP) is 0.335. The number of hydrogen-bond donors (Lipinski definition) is 1. The maximum Gasteiger partial charge on any atom is 0.153 e. The second-order valence-corrected chi connectivity index (χ2v) is 6.67. The lowest BCUT2D eigenvalue weighted by atomic mass is 10.2. The van der Waals surface area contributed by atoms with Crippen molar-refractivity contribution in [2.24, 2.45) is 0 Å². The number of hydrogen-bond acceptors (Lipinski definition) is 6. The molecule has 1 saturated heterocycles. The van der Waals surface area contributed by atoms with Gasteiger partial charge < -0.3 is 10.6 Å². The molecule has 2 N–H and O–H groups in total. The Kier molecular flexibility index (Phi) is 3.13. The van der Waals surface area contributed by atoms with Crippen molar-refractivity contribution in [3.05, 3.63) is 11.3 Å².